The van der Waals surface area contributed by atoms with E-state index in [4.69, 9.17) is 9.47 Å². The summed E-state index contributed by atoms with van der Waals surface area (Å²) >= 11 is 0. The number of aromatic hydroxyl groups is 1. The van der Waals surface area contributed by atoms with Gasteiger partial charge in [0.1, 0.15) is 5.82 Å². The van der Waals surface area contributed by atoms with Crippen LogP contribution in [0.5, 0.6) is 17.2 Å². The van der Waals surface area contributed by atoms with E-state index in [9.17, 15) is 14.3 Å². The van der Waals surface area contributed by atoms with Gasteiger partial charge >= 0.3 is 0 Å². The third-order valence-electron chi connectivity index (χ3n) is 3.07. The Kier molecular flexibility index (Phi) is 4.78. The molecule has 114 valence electrons. The van der Waals surface area contributed by atoms with Crippen molar-refractivity contribution in [3.05, 3.63) is 59.4 Å². The normalized spacial score (nSPS) is 10.7. The highest BCUT2D eigenvalue weighted by atomic mass is 19.1. The largest absolute Gasteiger partial charge is 0.502 e. The van der Waals surface area contributed by atoms with Crippen LogP contribution in [0.4, 0.5) is 4.39 Å². The Balaban J connectivity index is 2.30. The molecule has 0 aliphatic carbocycles. The van der Waals surface area contributed by atoms with Crippen molar-refractivity contribution in [2.75, 3.05) is 14.2 Å². The molecule has 0 saturated heterocycles. The van der Waals surface area contributed by atoms with Gasteiger partial charge in [-0.3, -0.25) is 4.79 Å². The number of benzene rings is 2. The third-order valence-corrected chi connectivity index (χ3v) is 3.07. The molecule has 0 amide bonds. The summed E-state index contributed by atoms with van der Waals surface area (Å²) in [5.41, 5.74) is 0.577. The van der Waals surface area contributed by atoms with E-state index >= 15 is 0 Å². The van der Waals surface area contributed by atoms with Gasteiger partial charge in [-0.05, 0) is 35.9 Å². The van der Waals surface area contributed by atoms with Gasteiger partial charge in [0, 0.05) is 0 Å². The Bertz CT molecular complexity index is 697. The molecule has 4 nitrogen and oxygen atoms in total. The Morgan fingerprint density at radius 3 is 2.27 bits per heavy atom. The molecule has 2 aromatic carbocycles. The van der Waals surface area contributed by atoms with Gasteiger partial charge in [0.2, 0.25) is 5.75 Å². The van der Waals surface area contributed by atoms with Gasteiger partial charge < -0.3 is 14.6 Å². The Labute approximate surface area is 127 Å². The monoisotopic (exact) mass is 302 g/mol. The molecule has 2 aromatic rings. The molecule has 0 bridgehead atoms. The number of halogens is 1. The first-order valence-electron chi connectivity index (χ1n) is 6.48. The van der Waals surface area contributed by atoms with E-state index in [1.54, 1.807) is 18.2 Å². The molecule has 2 rings (SSSR count). The third kappa shape index (κ3) is 3.25. The van der Waals surface area contributed by atoms with E-state index in [1.807, 2.05) is 0 Å². The second-order valence-electron chi connectivity index (χ2n) is 4.45. The van der Waals surface area contributed by atoms with Crippen LogP contribution in [-0.2, 0) is 0 Å². The van der Waals surface area contributed by atoms with Crippen LogP contribution in [0.25, 0.3) is 6.08 Å². The van der Waals surface area contributed by atoms with Crippen molar-refractivity contribution in [2.45, 2.75) is 0 Å². The smallest absolute Gasteiger partial charge is 0.200 e. The Morgan fingerprint density at radius 2 is 1.73 bits per heavy atom. The summed E-state index contributed by atoms with van der Waals surface area (Å²) < 4.78 is 23.6. The minimum Gasteiger partial charge on any atom is -0.502 e. The lowest BCUT2D eigenvalue weighted by Gasteiger charge is -2.09. The first kappa shape index (κ1) is 15.6. The first-order chi connectivity index (χ1) is 10.6. The second-order valence-corrected chi connectivity index (χ2v) is 4.45. The molecule has 1 N–H and O–H groups in total. The number of hydrogen-bond donors (Lipinski definition) is 1. The van der Waals surface area contributed by atoms with Crippen LogP contribution in [0, 0.1) is 5.82 Å². The number of phenols is 1. The average molecular weight is 302 g/mol. The van der Waals surface area contributed by atoms with Crippen LogP contribution in [0.3, 0.4) is 0 Å². The molecule has 0 aliphatic heterocycles. The summed E-state index contributed by atoms with van der Waals surface area (Å²) in [6.45, 7) is 0. The van der Waals surface area contributed by atoms with Crippen molar-refractivity contribution < 1.29 is 23.8 Å². The molecule has 0 heterocycles. The molecule has 0 fully saturated rings. The Morgan fingerprint density at radius 1 is 1.14 bits per heavy atom. The van der Waals surface area contributed by atoms with Gasteiger partial charge in [0.05, 0.1) is 19.8 Å². The van der Waals surface area contributed by atoms with E-state index in [0.717, 1.165) is 0 Å². The maximum absolute atomic E-state index is 13.5. The molecular formula is C17H15FO4. The highest BCUT2D eigenvalue weighted by Crippen LogP contribution is 2.37. The lowest BCUT2D eigenvalue weighted by molar-refractivity contribution is 0.104. The van der Waals surface area contributed by atoms with E-state index in [1.165, 1.54) is 44.6 Å². The average Bonchev–Trinajstić information content (AvgIpc) is 2.54. The number of allylic oxidation sites excluding steroid dienone is 1. The van der Waals surface area contributed by atoms with Gasteiger partial charge in [-0.2, -0.15) is 0 Å². The molecule has 0 radical (unpaired) electrons. The number of ketones is 1. The molecular weight excluding hydrogens is 287 g/mol. The fourth-order valence-corrected chi connectivity index (χ4v) is 1.93. The summed E-state index contributed by atoms with van der Waals surface area (Å²) in [6, 6.07) is 8.85. The van der Waals surface area contributed by atoms with Crippen molar-refractivity contribution in [3.8, 4) is 17.2 Å². The Hall–Kier alpha value is -2.82. The van der Waals surface area contributed by atoms with E-state index in [0.29, 0.717) is 5.56 Å². The van der Waals surface area contributed by atoms with Crippen molar-refractivity contribution in [3.63, 3.8) is 0 Å². The molecule has 0 spiro atoms. The maximum atomic E-state index is 13.5. The molecule has 5 heteroatoms. The predicted molar refractivity (Wildman–Crippen MR) is 81.0 cm³/mol. The second kappa shape index (κ2) is 6.76. The summed E-state index contributed by atoms with van der Waals surface area (Å²) in [5, 5.41) is 9.81. The fourth-order valence-electron chi connectivity index (χ4n) is 1.93. The van der Waals surface area contributed by atoms with Gasteiger partial charge in [0.25, 0.3) is 0 Å². The number of methoxy groups -OCH3 is 2. The zero-order valence-corrected chi connectivity index (χ0v) is 12.2. The van der Waals surface area contributed by atoms with Crippen molar-refractivity contribution in [2.24, 2.45) is 0 Å². The molecule has 22 heavy (non-hydrogen) atoms. The van der Waals surface area contributed by atoms with Crippen LogP contribution in [0.2, 0.25) is 0 Å². The fraction of sp³-hybridized carbons (Fsp3) is 0.118. The van der Waals surface area contributed by atoms with Crippen LogP contribution in [0.15, 0.2) is 42.5 Å². The highest BCUT2D eigenvalue weighted by molar-refractivity contribution is 6.07. The van der Waals surface area contributed by atoms with E-state index in [-0.39, 0.29) is 22.8 Å². The summed E-state index contributed by atoms with van der Waals surface area (Å²) in [6.07, 6.45) is 2.75. The number of rotatable bonds is 5. The molecule has 0 saturated carbocycles. The number of carbonyl (C=O) groups is 1. The van der Waals surface area contributed by atoms with Gasteiger partial charge in [-0.15, -0.1) is 0 Å². The molecule has 0 unspecified atom stereocenters. The molecule has 0 aliphatic rings. The van der Waals surface area contributed by atoms with Crippen molar-refractivity contribution in [1.29, 1.82) is 0 Å². The van der Waals surface area contributed by atoms with Gasteiger partial charge in [-0.25, -0.2) is 4.39 Å². The van der Waals surface area contributed by atoms with Crippen LogP contribution < -0.4 is 9.47 Å². The summed E-state index contributed by atoms with van der Waals surface area (Å²) in [5.74, 6) is -0.709. The topological polar surface area (TPSA) is 55.8 Å². The number of carbonyl (C=O) groups excluding carboxylic acids is 1. The van der Waals surface area contributed by atoms with Gasteiger partial charge in [0.15, 0.2) is 17.3 Å². The van der Waals surface area contributed by atoms with E-state index in [2.05, 4.69) is 0 Å². The molecule has 0 atom stereocenters. The minimum atomic E-state index is -0.571. The van der Waals surface area contributed by atoms with Crippen molar-refractivity contribution >= 4 is 11.9 Å². The lowest BCUT2D eigenvalue weighted by Crippen LogP contribution is -1.97. The van der Waals surface area contributed by atoms with Crippen LogP contribution >= 0.6 is 0 Å². The SMILES string of the molecule is COc1cc(/C=C/C(=O)c2ccccc2F)cc(OC)c1O. The maximum Gasteiger partial charge on any atom is 0.200 e. The van der Waals surface area contributed by atoms with Crippen LogP contribution in [-0.4, -0.2) is 25.1 Å². The van der Waals surface area contributed by atoms with E-state index < -0.39 is 11.6 Å². The standard InChI is InChI=1S/C17H15FO4/c1-21-15-9-11(10-16(22-2)17(15)20)7-8-14(19)12-5-3-4-6-13(12)18/h3-10,20H,1-2H3/b8-7+. The number of phenolic OH excluding ortho intramolecular Hbond substituents is 1. The highest BCUT2D eigenvalue weighted by Gasteiger charge is 2.11. The molecule has 0 aromatic heterocycles. The van der Waals surface area contributed by atoms with Crippen molar-refractivity contribution in [1.82, 2.24) is 0 Å². The quantitative estimate of drug-likeness (QED) is 0.679. The van der Waals surface area contributed by atoms with Gasteiger partial charge in [-0.1, -0.05) is 18.2 Å². The zero-order chi connectivity index (χ0) is 16.1. The number of ether oxygens (including phenoxy) is 2. The number of hydrogen-bond acceptors (Lipinski definition) is 4. The predicted octanol–water partition coefficient (Wildman–Crippen LogP) is 3.44. The first-order valence-corrected chi connectivity index (χ1v) is 6.48. The summed E-state index contributed by atoms with van der Waals surface area (Å²) in [7, 11) is 2.82. The zero-order valence-electron chi connectivity index (χ0n) is 12.2. The van der Waals surface area contributed by atoms with Crippen LogP contribution in [0.1, 0.15) is 15.9 Å². The lowest BCUT2D eigenvalue weighted by atomic mass is 10.1. The summed E-state index contributed by atoms with van der Waals surface area (Å²) in [4.78, 5) is 12.0. The minimum absolute atomic E-state index is 0.00328.